The van der Waals surface area contributed by atoms with Gasteiger partial charge in [0.15, 0.2) is 9.84 Å². The van der Waals surface area contributed by atoms with Crippen LogP contribution in [0.4, 0.5) is 10.1 Å². The lowest BCUT2D eigenvalue weighted by Crippen LogP contribution is -2.45. The molecule has 2 fully saturated rings. The van der Waals surface area contributed by atoms with E-state index in [9.17, 15) is 21.6 Å². The molecular formula is C24H23ClFN5O6S2. The molecule has 206 valence electrons. The number of amides is 1. The zero-order valence-electron chi connectivity index (χ0n) is 20.5. The standard InChI is InChI=1S/C24H23ClFN5O6S2/c1-38(33,34)30-10-14-8-24(14,12-30)23-29-28-21(37-23)16-6-19-20(7-17(16)26)39(35,36)11-18(27)22(32)31(19)9-13-2-4-15(25)5-3-13/h2-7,14,18H,8-12,27H2,1H3/t14?,18-,24?/m0/s1. The van der Waals surface area contributed by atoms with E-state index in [2.05, 4.69) is 10.2 Å². The Morgan fingerprint density at radius 1 is 1.23 bits per heavy atom. The Kier molecular flexibility index (Phi) is 5.94. The van der Waals surface area contributed by atoms with Crippen molar-refractivity contribution in [1.29, 1.82) is 0 Å². The van der Waals surface area contributed by atoms with Gasteiger partial charge in [-0.3, -0.25) is 4.79 Å². The largest absolute Gasteiger partial charge is 0.420 e. The highest BCUT2D eigenvalue weighted by Gasteiger charge is 2.65. The molecule has 2 aromatic carbocycles. The van der Waals surface area contributed by atoms with Gasteiger partial charge in [0.25, 0.3) is 5.89 Å². The number of carbonyl (C=O) groups excluding carboxylic acids is 1. The maximum absolute atomic E-state index is 15.4. The molecule has 0 radical (unpaired) electrons. The van der Waals surface area contributed by atoms with Crippen molar-refractivity contribution >= 4 is 43.1 Å². The number of nitrogens with two attached hydrogens (primary N) is 1. The zero-order valence-corrected chi connectivity index (χ0v) is 22.9. The lowest BCUT2D eigenvalue weighted by Gasteiger charge is -2.24. The molecule has 2 aliphatic heterocycles. The summed E-state index contributed by atoms with van der Waals surface area (Å²) in [5.74, 6) is -2.28. The van der Waals surface area contributed by atoms with Crippen molar-refractivity contribution in [2.24, 2.45) is 11.7 Å². The molecule has 1 saturated carbocycles. The van der Waals surface area contributed by atoms with Crippen LogP contribution in [0, 0.1) is 11.7 Å². The summed E-state index contributed by atoms with van der Waals surface area (Å²) in [5.41, 5.74) is 5.70. The number of rotatable bonds is 5. The summed E-state index contributed by atoms with van der Waals surface area (Å²) in [6.45, 7) is 0.479. The molecule has 15 heteroatoms. The number of sulfonamides is 1. The monoisotopic (exact) mass is 595 g/mol. The molecule has 1 aliphatic carbocycles. The highest BCUT2D eigenvalue weighted by atomic mass is 35.5. The van der Waals surface area contributed by atoms with Gasteiger partial charge in [0.1, 0.15) is 5.82 Å². The van der Waals surface area contributed by atoms with Gasteiger partial charge in [-0.25, -0.2) is 25.5 Å². The third-order valence-corrected chi connectivity index (χ3v) is 10.8. The first-order valence-electron chi connectivity index (χ1n) is 12.0. The predicted molar refractivity (Wildman–Crippen MR) is 139 cm³/mol. The lowest BCUT2D eigenvalue weighted by molar-refractivity contribution is -0.119. The number of sulfone groups is 1. The number of aromatic nitrogens is 2. The summed E-state index contributed by atoms with van der Waals surface area (Å²) in [6.07, 6.45) is 1.79. The van der Waals surface area contributed by atoms with Crippen LogP contribution in [0.25, 0.3) is 11.5 Å². The van der Waals surface area contributed by atoms with Gasteiger partial charge < -0.3 is 15.1 Å². The second-order valence-electron chi connectivity index (χ2n) is 10.3. The molecule has 11 nitrogen and oxygen atoms in total. The molecule has 1 aromatic heterocycles. The minimum atomic E-state index is -4.12. The number of halogens is 2. The number of piperidine rings is 1. The van der Waals surface area contributed by atoms with Crippen molar-refractivity contribution in [2.75, 3.05) is 30.0 Å². The Morgan fingerprint density at radius 2 is 1.95 bits per heavy atom. The van der Waals surface area contributed by atoms with Crippen LogP contribution >= 0.6 is 11.6 Å². The van der Waals surface area contributed by atoms with E-state index in [4.69, 9.17) is 21.8 Å². The van der Waals surface area contributed by atoms with Crippen molar-refractivity contribution in [3.05, 3.63) is 58.7 Å². The van der Waals surface area contributed by atoms with Gasteiger partial charge >= 0.3 is 0 Å². The third kappa shape index (κ3) is 4.43. The molecular weight excluding hydrogens is 573 g/mol. The van der Waals surface area contributed by atoms with Crippen molar-refractivity contribution in [2.45, 2.75) is 29.3 Å². The van der Waals surface area contributed by atoms with Gasteiger partial charge in [0.2, 0.25) is 21.8 Å². The van der Waals surface area contributed by atoms with Crippen LogP contribution in [-0.4, -0.2) is 68.4 Å². The Hall–Kier alpha value is -2.91. The van der Waals surface area contributed by atoms with Crippen LogP contribution in [0.5, 0.6) is 0 Å². The SMILES string of the molecule is CS(=O)(=O)N1CC2CC2(c2nnc(-c3cc4c(cc3F)S(=O)(=O)C[C@H](N)C(=O)N4Cc3ccc(Cl)cc3)o2)C1. The molecule has 1 saturated heterocycles. The summed E-state index contributed by atoms with van der Waals surface area (Å²) in [6, 6.07) is 7.30. The number of hydrogen-bond acceptors (Lipinski definition) is 9. The number of hydrogen-bond donors (Lipinski definition) is 1. The van der Waals surface area contributed by atoms with Gasteiger partial charge in [0.05, 0.1) is 46.2 Å². The average Bonchev–Trinajstić information content (AvgIpc) is 3.20. The number of carbonyl (C=O) groups is 1. The molecule has 6 rings (SSSR count). The number of nitrogens with zero attached hydrogens (tertiary/aromatic N) is 4. The predicted octanol–water partition coefficient (Wildman–Crippen LogP) is 1.71. The molecule has 3 atom stereocenters. The Bertz CT molecular complexity index is 1730. The van der Waals surface area contributed by atoms with Crippen LogP contribution < -0.4 is 10.6 Å². The molecule has 0 bridgehead atoms. The summed E-state index contributed by atoms with van der Waals surface area (Å²) in [7, 11) is -7.52. The van der Waals surface area contributed by atoms with Gasteiger partial charge in [0, 0.05) is 18.1 Å². The van der Waals surface area contributed by atoms with E-state index >= 15 is 4.39 Å². The van der Waals surface area contributed by atoms with Crippen molar-refractivity contribution in [1.82, 2.24) is 14.5 Å². The lowest BCUT2D eigenvalue weighted by atomic mass is 10.1. The fraction of sp³-hybridized carbons (Fsp3) is 0.375. The van der Waals surface area contributed by atoms with Crippen molar-refractivity contribution in [3.63, 3.8) is 0 Å². The fourth-order valence-electron chi connectivity index (χ4n) is 5.37. The van der Waals surface area contributed by atoms with Crippen LogP contribution in [-0.2, 0) is 36.6 Å². The van der Waals surface area contributed by atoms with E-state index < -0.39 is 48.8 Å². The van der Waals surface area contributed by atoms with Crippen LogP contribution in [0.15, 0.2) is 45.7 Å². The van der Waals surface area contributed by atoms with E-state index in [1.54, 1.807) is 24.3 Å². The quantitative estimate of drug-likeness (QED) is 0.464. The molecule has 2 unspecified atom stereocenters. The normalized spacial score (nSPS) is 26.3. The van der Waals surface area contributed by atoms with E-state index in [0.29, 0.717) is 23.6 Å². The van der Waals surface area contributed by atoms with Crippen LogP contribution in [0.1, 0.15) is 17.9 Å². The van der Waals surface area contributed by atoms with Gasteiger partial charge in [-0.05, 0) is 42.2 Å². The van der Waals surface area contributed by atoms with Crippen molar-refractivity contribution < 1.29 is 30.4 Å². The Labute approximate surface area is 228 Å². The first kappa shape index (κ1) is 26.3. The summed E-state index contributed by atoms with van der Waals surface area (Å²) in [4.78, 5) is 14.1. The molecule has 3 heterocycles. The molecule has 39 heavy (non-hydrogen) atoms. The smallest absolute Gasteiger partial charge is 0.250 e. The third-order valence-electron chi connectivity index (χ3n) is 7.58. The second kappa shape index (κ2) is 8.80. The first-order chi connectivity index (χ1) is 18.3. The van der Waals surface area contributed by atoms with Crippen LogP contribution in [0.2, 0.25) is 5.02 Å². The molecule has 2 N–H and O–H groups in total. The van der Waals surface area contributed by atoms with Gasteiger partial charge in [-0.2, -0.15) is 0 Å². The van der Waals surface area contributed by atoms with Gasteiger partial charge in [-0.15, -0.1) is 10.2 Å². The number of anilines is 1. The fourth-order valence-corrected chi connectivity index (χ4v) is 7.98. The summed E-state index contributed by atoms with van der Waals surface area (Å²) >= 11 is 5.97. The number of fused-ring (bicyclic) bond motifs is 2. The molecule has 0 spiro atoms. The first-order valence-corrected chi connectivity index (χ1v) is 15.8. The highest BCUT2D eigenvalue weighted by molar-refractivity contribution is 7.91. The molecule has 1 amide bonds. The molecule has 3 aromatic rings. The Morgan fingerprint density at radius 3 is 2.62 bits per heavy atom. The number of benzene rings is 2. The minimum Gasteiger partial charge on any atom is -0.420 e. The van der Waals surface area contributed by atoms with Gasteiger partial charge in [-0.1, -0.05) is 23.7 Å². The summed E-state index contributed by atoms with van der Waals surface area (Å²) < 4.78 is 72.8. The molecule has 3 aliphatic rings. The van der Waals surface area contributed by atoms with Crippen molar-refractivity contribution in [3.8, 4) is 11.5 Å². The highest BCUT2D eigenvalue weighted by Crippen LogP contribution is 2.59. The summed E-state index contributed by atoms with van der Waals surface area (Å²) in [5, 5.41) is 8.57. The average molecular weight is 596 g/mol. The van der Waals surface area contributed by atoms with E-state index in [1.165, 1.54) is 15.3 Å². The minimum absolute atomic E-state index is 0.0107. The topological polar surface area (TPSA) is 157 Å². The maximum atomic E-state index is 15.4. The van der Waals surface area contributed by atoms with E-state index in [0.717, 1.165) is 12.3 Å². The van der Waals surface area contributed by atoms with E-state index in [-0.39, 0.29) is 46.9 Å². The zero-order chi connectivity index (χ0) is 27.9. The Balaban J connectivity index is 1.42. The van der Waals surface area contributed by atoms with E-state index in [1.807, 2.05) is 0 Å². The second-order valence-corrected chi connectivity index (χ2v) is 14.7. The maximum Gasteiger partial charge on any atom is 0.250 e. The van der Waals surface area contributed by atoms with Crippen LogP contribution in [0.3, 0.4) is 0 Å².